The molecule has 1 aliphatic heterocycles. The number of benzene rings is 2. The van der Waals surface area contributed by atoms with E-state index in [4.69, 9.17) is 4.74 Å². The van der Waals surface area contributed by atoms with Crippen LogP contribution in [0.3, 0.4) is 0 Å². The molecule has 0 radical (unpaired) electrons. The molecule has 0 N–H and O–H groups in total. The van der Waals surface area contributed by atoms with Gasteiger partial charge in [0.1, 0.15) is 0 Å². The molecule has 1 atom stereocenters. The average molecular weight is 311 g/mol. The second kappa shape index (κ2) is 7.29. The lowest BCUT2D eigenvalue weighted by Gasteiger charge is -2.33. The van der Waals surface area contributed by atoms with E-state index in [-0.39, 0.29) is 12.3 Å². The molecule has 1 aliphatic rings. The number of carbonyl (C=O) groups excluding carboxylic acids is 1. The summed E-state index contributed by atoms with van der Waals surface area (Å²) in [6, 6.07) is 20.7. The van der Waals surface area contributed by atoms with Gasteiger partial charge in [-0.15, -0.1) is 0 Å². The quantitative estimate of drug-likeness (QED) is 0.801. The molecule has 2 aromatic carbocycles. The minimum Gasteiger partial charge on any atom is -0.438 e. The molecule has 4 nitrogen and oxygen atoms in total. The minimum atomic E-state index is -0.623. The van der Waals surface area contributed by atoms with Crippen LogP contribution in [0.2, 0.25) is 0 Å². The Balaban J connectivity index is 1.93. The molecule has 0 spiro atoms. The Bertz CT molecular complexity index is 590. The lowest BCUT2D eigenvalue weighted by Crippen LogP contribution is -2.37. The first kappa shape index (κ1) is 15.6. The van der Waals surface area contributed by atoms with Crippen molar-refractivity contribution in [3.63, 3.8) is 0 Å². The van der Waals surface area contributed by atoms with E-state index in [1.807, 2.05) is 36.4 Å². The minimum absolute atomic E-state index is 0.0644. The van der Waals surface area contributed by atoms with Crippen LogP contribution in [0.4, 0.5) is 4.79 Å². The average Bonchev–Trinajstić information content (AvgIpc) is 3.05. The highest BCUT2D eigenvalue weighted by atomic mass is 16.7. The molecule has 0 aromatic heterocycles. The number of carbonyl (C=O) groups is 1. The zero-order valence-electron chi connectivity index (χ0n) is 13.2. The maximum absolute atomic E-state index is 11.5. The van der Waals surface area contributed by atoms with Gasteiger partial charge in [-0.1, -0.05) is 60.7 Å². The van der Waals surface area contributed by atoms with E-state index in [0.717, 1.165) is 19.4 Å². The second-order valence-corrected chi connectivity index (χ2v) is 5.63. The Morgan fingerprint density at radius 2 is 1.61 bits per heavy atom. The molecule has 2 aromatic rings. The van der Waals surface area contributed by atoms with Crippen molar-refractivity contribution in [2.24, 2.45) is 0 Å². The number of hydrogen-bond donors (Lipinski definition) is 0. The van der Waals surface area contributed by atoms with Gasteiger partial charge >= 0.3 is 6.16 Å². The zero-order valence-corrected chi connectivity index (χ0v) is 13.2. The summed E-state index contributed by atoms with van der Waals surface area (Å²) in [5.74, 6) is 0. The van der Waals surface area contributed by atoms with Crippen LogP contribution in [0, 0.1) is 0 Å². The van der Waals surface area contributed by atoms with Gasteiger partial charge in [-0.3, -0.25) is 4.90 Å². The molecule has 0 aliphatic carbocycles. The predicted octanol–water partition coefficient (Wildman–Crippen LogP) is 3.98. The van der Waals surface area contributed by atoms with E-state index in [9.17, 15) is 4.79 Å². The van der Waals surface area contributed by atoms with E-state index in [1.165, 1.54) is 18.2 Å². The Labute approximate surface area is 136 Å². The Morgan fingerprint density at radius 3 is 2.13 bits per heavy atom. The molecule has 1 heterocycles. The van der Waals surface area contributed by atoms with Crippen molar-refractivity contribution >= 4 is 6.16 Å². The molecule has 0 saturated carbocycles. The van der Waals surface area contributed by atoms with Crippen LogP contribution in [-0.4, -0.2) is 30.9 Å². The van der Waals surface area contributed by atoms with Crippen molar-refractivity contribution < 1.29 is 14.3 Å². The predicted molar refractivity (Wildman–Crippen MR) is 87.9 cm³/mol. The number of ether oxygens (including phenoxy) is 2. The summed E-state index contributed by atoms with van der Waals surface area (Å²) in [5, 5.41) is 0. The summed E-state index contributed by atoms with van der Waals surface area (Å²) in [6.07, 6.45) is 0.943. The van der Waals surface area contributed by atoms with Crippen molar-refractivity contribution in [1.29, 1.82) is 0 Å². The highest BCUT2D eigenvalue weighted by Gasteiger charge is 2.35. The van der Waals surface area contributed by atoms with Crippen molar-refractivity contribution in [1.82, 2.24) is 4.90 Å². The molecule has 1 saturated heterocycles. The smallest absolute Gasteiger partial charge is 0.438 e. The van der Waals surface area contributed by atoms with Gasteiger partial charge in [0, 0.05) is 6.54 Å². The molecule has 1 fully saturated rings. The Hall–Kier alpha value is -2.33. The van der Waals surface area contributed by atoms with E-state index < -0.39 is 6.16 Å². The molecular formula is C19H21NO3. The first-order chi connectivity index (χ1) is 11.3. The third-order valence-electron chi connectivity index (χ3n) is 4.20. The van der Waals surface area contributed by atoms with Crippen molar-refractivity contribution in [3.05, 3.63) is 71.8 Å². The van der Waals surface area contributed by atoms with Gasteiger partial charge in [0.15, 0.2) is 6.23 Å². The molecule has 23 heavy (non-hydrogen) atoms. The third kappa shape index (κ3) is 3.54. The highest BCUT2D eigenvalue weighted by molar-refractivity contribution is 5.59. The van der Waals surface area contributed by atoms with Gasteiger partial charge in [0.25, 0.3) is 0 Å². The van der Waals surface area contributed by atoms with Crippen LogP contribution in [0.15, 0.2) is 60.7 Å². The molecule has 3 rings (SSSR count). The van der Waals surface area contributed by atoms with Gasteiger partial charge in [-0.25, -0.2) is 4.79 Å². The van der Waals surface area contributed by atoms with Gasteiger partial charge < -0.3 is 9.47 Å². The van der Waals surface area contributed by atoms with Gasteiger partial charge in [-0.05, 0) is 24.0 Å². The number of hydrogen-bond acceptors (Lipinski definition) is 4. The maximum Gasteiger partial charge on any atom is 0.509 e. The van der Waals surface area contributed by atoms with Crippen LogP contribution < -0.4 is 0 Å². The molecule has 0 amide bonds. The van der Waals surface area contributed by atoms with Crippen molar-refractivity contribution in [2.45, 2.75) is 25.1 Å². The summed E-state index contributed by atoms with van der Waals surface area (Å²) in [4.78, 5) is 13.8. The fraction of sp³-hybridized carbons (Fsp3) is 0.316. The normalized spacial score (nSPS) is 18.1. The first-order valence-electron chi connectivity index (χ1n) is 7.90. The number of rotatable bonds is 4. The van der Waals surface area contributed by atoms with Crippen LogP contribution in [0.25, 0.3) is 0 Å². The van der Waals surface area contributed by atoms with Gasteiger partial charge in [0.2, 0.25) is 0 Å². The van der Waals surface area contributed by atoms with Crippen LogP contribution >= 0.6 is 0 Å². The monoisotopic (exact) mass is 311 g/mol. The highest BCUT2D eigenvalue weighted by Crippen LogP contribution is 2.35. The van der Waals surface area contributed by atoms with Crippen molar-refractivity contribution in [3.8, 4) is 0 Å². The number of methoxy groups -OCH3 is 1. The standard InChI is InChI=1S/C19H21NO3/c1-22-19(21)23-17-13-8-14-20(17)18(15-9-4-2-5-10-15)16-11-6-3-7-12-16/h2-7,9-12,17-18H,8,13-14H2,1H3. The van der Waals surface area contributed by atoms with E-state index >= 15 is 0 Å². The topological polar surface area (TPSA) is 38.8 Å². The molecule has 0 bridgehead atoms. The number of likely N-dealkylation sites (tertiary alicyclic amines) is 1. The molecule has 120 valence electrons. The third-order valence-corrected chi connectivity index (χ3v) is 4.20. The van der Waals surface area contributed by atoms with E-state index in [2.05, 4.69) is 33.9 Å². The summed E-state index contributed by atoms with van der Waals surface area (Å²) >= 11 is 0. The van der Waals surface area contributed by atoms with Crippen molar-refractivity contribution in [2.75, 3.05) is 13.7 Å². The summed E-state index contributed by atoms with van der Waals surface area (Å²) < 4.78 is 10.1. The summed E-state index contributed by atoms with van der Waals surface area (Å²) in [6.45, 7) is 0.885. The lowest BCUT2D eigenvalue weighted by molar-refractivity contribution is -0.0326. The fourth-order valence-electron chi connectivity index (χ4n) is 3.19. The molecule has 4 heteroatoms. The second-order valence-electron chi connectivity index (χ2n) is 5.63. The summed E-state index contributed by atoms with van der Waals surface area (Å²) in [7, 11) is 1.34. The van der Waals surface area contributed by atoms with Crippen LogP contribution in [0.1, 0.15) is 30.0 Å². The Morgan fingerprint density at radius 1 is 1.04 bits per heavy atom. The van der Waals surface area contributed by atoms with Crippen LogP contribution in [0.5, 0.6) is 0 Å². The van der Waals surface area contributed by atoms with E-state index in [0.29, 0.717) is 0 Å². The summed E-state index contributed by atoms with van der Waals surface area (Å²) in [5.41, 5.74) is 2.39. The van der Waals surface area contributed by atoms with Gasteiger partial charge in [0.05, 0.1) is 13.2 Å². The maximum atomic E-state index is 11.5. The number of nitrogens with zero attached hydrogens (tertiary/aromatic N) is 1. The SMILES string of the molecule is COC(=O)OC1CCCN1C(c1ccccc1)c1ccccc1. The Kier molecular flexibility index (Phi) is 4.93. The zero-order chi connectivity index (χ0) is 16.1. The first-order valence-corrected chi connectivity index (χ1v) is 7.90. The molecule has 1 unspecified atom stereocenters. The van der Waals surface area contributed by atoms with Crippen LogP contribution in [-0.2, 0) is 9.47 Å². The van der Waals surface area contributed by atoms with Gasteiger partial charge in [-0.2, -0.15) is 0 Å². The largest absolute Gasteiger partial charge is 0.509 e. The fourth-order valence-corrected chi connectivity index (χ4v) is 3.19. The molecular weight excluding hydrogens is 290 g/mol. The lowest BCUT2D eigenvalue weighted by atomic mass is 9.97. The van der Waals surface area contributed by atoms with E-state index in [1.54, 1.807) is 0 Å².